The topological polar surface area (TPSA) is 95.9 Å². The number of unbranched alkanes of at least 4 members (excludes halogenated alkanes) is 1. The Labute approximate surface area is 119 Å². The van der Waals surface area contributed by atoms with E-state index in [-0.39, 0.29) is 12.4 Å². The molecule has 0 bridgehead atoms. The number of carboxylic acid groups (broad SMARTS) is 1. The van der Waals surface area contributed by atoms with Gasteiger partial charge in [-0.05, 0) is 12.8 Å². The Hall–Kier alpha value is -1.79. The summed E-state index contributed by atoms with van der Waals surface area (Å²) in [5.41, 5.74) is 0. The van der Waals surface area contributed by atoms with Crippen molar-refractivity contribution in [3.8, 4) is 0 Å². The van der Waals surface area contributed by atoms with Crippen LogP contribution in [0.25, 0.3) is 0 Å². The summed E-state index contributed by atoms with van der Waals surface area (Å²) in [6, 6.07) is -1.32. The second-order valence-electron chi connectivity index (χ2n) is 4.58. The first-order valence-electron chi connectivity index (χ1n) is 6.73. The summed E-state index contributed by atoms with van der Waals surface area (Å²) in [5.74, 6) is -1.36. The van der Waals surface area contributed by atoms with Gasteiger partial charge in [0.2, 0.25) is 0 Å². The summed E-state index contributed by atoms with van der Waals surface area (Å²) in [5, 5.41) is 11.5. The molecular weight excluding hydrogens is 264 g/mol. The van der Waals surface area contributed by atoms with Crippen LogP contribution in [-0.2, 0) is 14.3 Å². The van der Waals surface area contributed by atoms with Crippen molar-refractivity contribution in [2.45, 2.75) is 45.1 Å². The molecule has 0 saturated heterocycles. The van der Waals surface area contributed by atoms with Crippen LogP contribution in [0.1, 0.15) is 39.0 Å². The number of nitrogens with one attached hydrogen (secondary N) is 1. The third kappa shape index (κ3) is 7.60. The minimum Gasteiger partial charge on any atom is -0.480 e. The van der Waals surface area contributed by atoms with Crippen molar-refractivity contribution >= 4 is 18.0 Å². The monoisotopic (exact) mass is 288 g/mol. The van der Waals surface area contributed by atoms with Gasteiger partial charge in [-0.1, -0.05) is 19.8 Å². The number of carbonyl (C=O) groups is 3. The lowest BCUT2D eigenvalue weighted by molar-refractivity contribution is -0.141. The van der Waals surface area contributed by atoms with Crippen molar-refractivity contribution in [3.05, 3.63) is 0 Å². The van der Waals surface area contributed by atoms with E-state index in [1.165, 1.54) is 12.0 Å². The molecule has 0 saturated carbocycles. The predicted octanol–water partition coefficient (Wildman–Crippen LogP) is 1.22. The van der Waals surface area contributed by atoms with Crippen LogP contribution in [-0.4, -0.2) is 54.7 Å². The van der Waals surface area contributed by atoms with E-state index in [1.54, 1.807) is 7.05 Å². The summed E-state index contributed by atoms with van der Waals surface area (Å²) in [6.07, 6.45) is 2.72. The number of ether oxygens (including phenoxy) is 1. The average Bonchev–Trinajstić information content (AvgIpc) is 2.42. The number of amides is 2. The van der Waals surface area contributed by atoms with Crippen LogP contribution in [0.4, 0.5) is 4.79 Å². The Morgan fingerprint density at radius 3 is 2.45 bits per heavy atom. The smallest absolute Gasteiger partial charge is 0.326 e. The van der Waals surface area contributed by atoms with Crippen molar-refractivity contribution in [1.82, 2.24) is 10.2 Å². The lowest BCUT2D eigenvalue weighted by atomic mass is 10.1. The van der Waals surface area contributed by atoms with E-state index in [2.05, 4.69) is 10.1 Å². The molecule has 2 amide bonds. The second kappa shape index (κ2) is 10.1. The van der Waals surface area contributed by atoms with E-state index in [9.17, 15) is 14.4 Å². The van der Waals surface area contributed by atoms with Gasteiger partial charge in [-0.2, -0.15) is 0 Å². The maximum atomic E-state index is 11.8. The van der Waals surface area contributed by atoms with Crippen LogP contribution in [0.3, 0.4) is 0 Å². The number of esters is 1. The lowest BCUT2D eigenvalue weighted by Crippen LogP contribution is -2.46. The van der Waals surface area contributed by atoms with Crippen molar-refractivity contribution in [2.24, 2.45) is 0 Å². The summed E-state index contributed by atoms with van der Waals surface area (Å²) >= 11 is 0. The number of carbonyl (C=O) groups excluding carboxylic acids is 2. The second-order valence-corrected chi connectivity index (χ2v) is 4.58. The van der Waals surface area contributed by atoms with Crippen LogP contribution in [0, 0.1) is 0 Å². The standard InChI is InChI=1S/C13H24N2O5/c1-4-5-7-10(12(17)18)14-13(19)15(2)9-6-8-11(16)20-3/h10H,4-9H2,1-3H3,(H,14,19)(H,17,18)/t10-/m0/s1. The van der Waals surface area contributed by atoms with E-state index < -0.39 is 18.0 Å². The largest absolute Gasteiger partial charge is 0.480 e. The summed E-state index contributed by atoms with van der Waals surface area (Å²) in [7, 11) is 2.87. The highest BCUT2D eigenvalue weighted by atomic mass is 16.5. The Morgan fingerprint density at radius 1 is 1.30 bits per heavy atom. The van der Waals surface area contributed by atoms with Gasteiger partial charge in [0.25, 0.3) is 0 Å². The third-order valence-corrected chi connectivity index (χ3v) is 2.89. The van der Waals surface area contributed by atoms with E-state index in [4.69, 9.17) is 5.11 Å². The predicted molar refractivity (Wildman–Crippen MR) is 73.4 cm³/mol. The molecule has 2 N–H and O–H groups in total. The lowest BCUT2D eigenvalue weighted by Gasteiger charge is -2.21. The zero-order chi connectivity index (χ0) is 15.5. The van der Waals surface area contributed by atoms with Crippen LogP contribution in [0.15, 0.2) is 0 Å². The molecule has 7 nitrogen and oxygen atoms in total. The molecule has 0 aromatic carbocycles. The molecule has 0 aromatic heterocycles. The number of nitrogens with zero attached hydrogens (tertiary/aromatic N) is 1. The fourth-order valence-corrected chi connectivity index (χ4v) is 1.59. The number of rotatable bonds is 9. The molecule has 0 aliphatic carbocycles. The van der Waals surface area contributed by atoms with Crippen LogP contribution in [0.5, 0.6) is 0 Å². The molecule has 0 spiro atoms. The highest BCUT2D eigenvalue weighted by molar-refractivity contribution is 5.82. The first kappa shape index (κ1) is 18.2. The molecule has 0 unspecified atom stereocenters. The Morgan fingerprint density at radius 2 is 1.95 bits per heavy atom. The molecule has 0 aliphatic rings. The Bertz CT molecular complexity index is 333. The van der Waals surface area contributed by atoms with Gasteiger partial charge in [0, 0.05) is 20.0 Å². The van der Waals surface area contributed by atoms with Gasteiger partial charge < -0.3 is 20.1 Å². The summed E-state index contributed by atoms with van der Waals surface area (Å²) in [6.45, 7) is 2.32. The van der Waals surface area contributed by atoms with Crippen LogP contribution < -0.4 is 5.32 Å². The van der Waals surface area contributed by atoms with Gasteiger partial charge in [-0.25, -0.2) is 9.59 Å². The number of hydrogen-bond donors (Lipinski definition) is 2. The van der Waals surface area contributed by atoms with Crippen LogP contribution >= 0.6 is 0 Å². The van der Waals surface area contributed by atoms with E-state index in [0.717, 1.165) is 12.8 Å². The van der Waals surface area contributed by atoms with Gasteiger partial charge in [-0.15, -0.1) is 0 Å². The van der Waals surface area contributed by atoms with Gasteiger partial charge in [0.05, 0.1) is 7.11 Å². The third-order valence-electron chi connectivity index (χ3n) is 2.89. The zero-order valence-electron chi connectivity index (χ0n) is 12.3. The van der Waals surface area contributed by atoms with E-state index >= 15 is 0 Å². The highest BCUT2D eigenvalue weighted by Crippen LogP contribution is 2.02. The fourth-order valence-electron chi connectivity index (χ4n) is 1.59. The van der Waals surface area contributed by atoms with Crippen molar-refractivity contribution in [3.63, 3.8) is 0 Å². The Kier molecular flexibility index (Phi) is 9.15. The van der Waals surface area contributed by atoms with Crippen LogP contribution in [0.2, 0.25) is 0 Å². The first-order chi connectivity index (χ1) is 9.42. The maximum Gasteiger partial charge on any atom is 0.326 e. The number of hydrogen-bond acceptors (Lipinski definition) is 4. The van der Waals surface area contributed by atoms with Crippen molar-refractivity contribution < 1.29 is 24.2 Å². The number of aliphatic carboxylic acids is 1. The highest BCUT2D eigenvalue weighted by Gasteiger charge is 2.20. The van der Waals surface area contributed by atoms with Gasteiger partial charge in [0.15, 0.2) is 0 Å². The molecule has 116 valence electrons. The zero-order valence-corrected chi connectivity index (χ0v) is 12.3. The number of methoxy groups -OCH3 is 1. The summed E-state index contributed by atoms with van der Waals surface area (Å²) in [4.78, 5) is 35.1. The molecule has 0 fully saturated rings. The molecule has 7 heteroatoms. The van der Waals surface area contributed by atoms with E-state index in [1.807, 2.05) is 6.92 Å². The number of urea groups is 1. The normalized spacial score (nSPS) is 11.6. The van der Waals surface area contributed by atoms with Crippen molar-refractivity contribution in [2.75, 3.05) is 20.7 Å². The SMILES string of the molecule is CCCC[C@H](NC(=O)N(C)CCCC(=O)OC)C(=O)O. The average molecular weight is 288 g/mol. The molecule has 0 heterocycles. The minimum atomic E-state index is -1.03. The molecule has 0 radical (unpaired) electrons. The quantitative estimate of drug-likeness (QED) is 0.622. The molecule has 0 aromatic rings. The molecule has 0 aliphatic heterocycles. The van der Waals surface area contributed by atoms with E-state index in [0.29, 0.717) is 19.4 Å². The van der Waals surface area contributed by atoms with Gasteiger partial charge >= 0.3 is 18.0 Å². The maximum absolute atomic E-state index is 11.8. The van der Waals surface area contributed by atoms with Gasteiger partial charge in [0.1, 0.15) is 6.04 Å². The summed E-state index contributed by atoms with van der Waals surface area (Å²) < 4.78 is 4.50. The minimum absolute atomic E-state index is 0.228. The first-order valence-corrected chi connectivity index (χ1v) is 6.73. The van der Waals surface area contributed by atoms with Gasteiger partial charge in [-0.3, -0.25) is 4.79 Å². The molecule has 20 heavy (non-hydrogen) atoms. The van der Waals surface area contributed by atoms with Crippen molar-refractivity contribution in [1.29, 1.82) is 0 Å². The molecule has 0 rings (SSSR count). The number of carboxylic acids is 1. The fraction of sp³-hybridized carbons (Fsp3) is 0.769. The molecular formula is C13H24N2O5. The molecule has 1 atom stereocenters. The Balaban J connectivity index is 4.14.